The van der Waals surface area contributed by atoms with Gasteiger partial charge in [-0.3, -0.25) is 9.59 Å². The first-order valence-corrected chi connectivity index (χ1v) is 10.0. The third kappa shape index (κ3) is 10.1. The van der Waals surface area contributed by atoms with Crippen molar-refractivity contribution in [3.63, 3.8) is 0 Å². The van der Waals surface area contributed by atoms with Crippen LogP contribution in [0.15, 0.2) is 24.3 Å². The molecule has 0 N–H and O–H groups in total. The number of carbonyl (C=O) groups is 3. The van der Waals surface area contributed by atoms with E-state index in [-0.39, 0.29) is 18.0 Å². The Labute approximate surface area is 174 Å². The molecular formula is C23H35NO5. The van der Waals surface area contributed by atoms with Crippen LogP contribution >= 0.6 is 0 Å². The van der Waals surface area contributed by atoms with Gasteiger partial charge in [0, 0.05) is 19.2 Å². The molecule has 1 unspecified atom stereocenters. The fraction of sp³-hybridized carbons (Fsp3) is 0.609. The largest absolute Gasteiger partial charge is 0.460 e. The second-order valence-electron chi connectivity index (χ2n) is 9.34. The smallest absolute Gasteiger partial charge is 0.410 e. The van der Waals surface area contributed by atoms with E-state index in [0.29, 0.717) is 31.4 Å². The summed E-state index contributed by atoms with van der Waals surface area (Å²) in [5.74, 6) is -0.628. The monoisotopic (exact) mass is 405 g/mol. The Balaban J connectivity index is 2.77. The second-order valence-corrected chi connectivity index (χ2v) is 9.34. The van der Waals surface area contributed by atoms with Gasteiger partial charge in [0.2, 0.25) is 0 Å². The summed E-state index contributed by atoms with van der Waals surface area (Å²) in [6.45, 7) is 11.5. The molecule has 0 spiro atoms. The highest BCUT2D eigenvalue weighted by Crippen LogP contribution is 2.21. The van der Waals surface area contributed by atoms with E-state index in [1.807, 2.05) is 53.7 Å². The van der Waals surface area contributed by atoms with E-state index in [9.17, 15) is 14.4 Å². The first kappa shape index (κ1) is 24.7. The predicted octanol–water partition coefficient (Wildman–Crippen LogP) is 4.65. The molecule has 1 aromatic rings. The minimum atomic E-state index is -0.576. The fourth-order valence-corrected chi connectivity index (χ4v) is 2.77. The summed E-state index contributed by atoms with van der Waals surface area (Å²) in [5.41, 5.74) is 0.363. The number of hydrogen-bond donors (Lipinski definition) is 0. The van der Waals surface area contributed by atoms with Crippen molar-refractivity contribution in [2.75, 3.05) is 13.6 Å². The molecule has 0 saturated carbocycles. The molecule has 1 rings (SSSR count). The van der Waals surface area contributed by atoms with Crippen molar-refractivity contribution in [2.45, 2.75) is 72.0 Å². The molecule has 0 fully saturated rings. The van der Waals surface area contributed by atoms with Crippen molar-refractivity contribution in [1.29, 1.82) is 0 Å². The number of hydrogen-bond acceptors (Lipinski definition) is 5. The van der Waals surface area contributed by atoms with Gasteiger partial charge >= 0.3 is 12.1 Å². The van der Waals surface area contributed by atoms with Gasteiger partial charge in [0.25, 0.3) is 0 Å². The molecule has 0 heterocycles. The van der Waals surface area contributed by atoms with E-state index in [2.05, 4.69) is 0 Å². The summed E-state index contributed by atoms with van der Waals surface area (Å²) >= 11 is 0. The molecule has 0 saturated heterocycles. The number of aldehydes is 1. The summed E-state index contributed by atoms with van der Waals surface area (Å²) in [7, 11) is 1.68. The van der Waals surface area contributed by atoms with E-state index in [4.69, 9.17) is 9.47 Å². The first-order valence-electron chi connectivity index (χ1n) is 10.0. The van der Waals surface area contributed by atoms with Crippen molar-refractivity contribution in [3.05, 3.63) is 35.4 Å². The molecule has 0 radical (unpaired) electrons. The van der Waals surface area contributed by atoms with E-state index in [1.54, 1.807) is 19.2 Å². The van der Waals surface area contributed by atoms with Crippen LogP contribution in [0, 0.1) is 5.92 Å². The summed E-state index contributed by atoms with van der Waals surface area (Å²) in [6.07, 6.45) is 2.08. The average Bonchev–Trinajstić information content (AvgIpc) is 2.57. The van der Waals surface area contributed by atoms with Gasteiger partial charge in [-0.15, -0.1) is 0 Å². The molecule has 0 aliphatic carbocycles. The Hall–Kier alpha value is -2.37. The number of benzene rings is 1. The van der Waals surface area contributed by atoms with Crippen molar-refractivity contribution < 1.29 is 23.9 Å². The van der Waals surface area contributed by atoms with E-state index < -0.39 is 11.2 Å². The Kier molecular flexibility index (Phi) is 8.86. The molecular weight excluding hydrogens is 370 g/mol. The number of amides is 1. The van der Waals surface area contributed by atoms with E-state index in [0.717, 1.165) is 11.8 Å². The van der Waals surface area contributed by atoms with Crippen LogP contribution in [0.25, 0.3) is 0 Å². The minimum Gasteiger partial charge on any atom is -0.460 e. The summed E-state index contributed by atoms with van der Waals surface area (Å²) < 4.78 is 10.9. The van der Waals surface area contributed by atoms with Crippen molar-refractivity contribution in [3.8, 4) is 0 Å². The third-order valence-electron chi connectivity index (χ3n) is 4.06. The summed E-state index contributed by atoms with van der Waals surface area (Å²) in [6, 6.07) is 7.23. The lowest BCUT2D eigenvalue weighted by Gasteiger charge is -2.26. The van der Waals surface area contributed by atoms with Crippen LogP contribution in [0.4, 0.5) is 4.79 Å². The van der Waals surface area contributed by atoms with E-state index in [1.165, 1.54) is 4.90 Å². The maximum atomic E-state index is 12.7. The normalized spacial score (nSPS) is 12.8. The first-order chi connectivity index (χ1) is 13.3. The zero-order valence-corrected chi connectivity index (χ0v) is 18.8. The number of esters is 1. The quantitative estimate of drug-likeness (QED) is 0.465. The Morgan fingerprint density at radius 1 is 1.07 bits per heavy atom. The Morgan fingerprint density at radius 2 is 1.69 bits per heavy atom. The number of carbonyl (C=O) groups excluding carboxylic acids is 3. The van der Waals surface area contributed by atoms with Crippen LogP contribution in [-0.4, -0.2) is 48.0 Å². The lowest BCUT2D eigenvalue weighted by atomic mass is 9.93. The zero-order chi connectivity index (χ0) is 22.2. The van der Waals surface area contributed by atoms with Gasteiger partial charge in [-0.25, -0.2) is 4.79 Å². The van der Waals surface area contributed by atoms with Gasteiger partial charge in [-0.05, 0) is 72.4 Å². The van der Waals surface area contributed by atoms with Crippen LogP contribution in [0.1, 0.15) is 70.3 Å². The third-order valence-corrected chi connectivity index (χ3v) is 4.06. The van der Waals surface area contributed by atoms with Gasteiger partial charge in [-0.2, -0.15) is 0 Å². The van der Waals surface area contributed by atoms with Crippen molar-refractivity contribution >= 4 is 18.3 Å². The minimum absolute atomic E-state index is 0.270. The molecule has 6 heteroatoms. The van der Waals surface area contributed by atoms with Gasteiger partial charge < -0.3 is 14.4 Å². The number of rotatable bonds is 8. The van der Waals surface area contributed by atoms with Gasteiger partial charge in [0.05, 0.1) is 5.92 Å². The highest BCUT2D eigenvalue weighted by atomic mass is 16.6. The topological polar surface area (TPSA) is 72.9 Å². The van der Waals surface area contributed by atoms with Crippen LogP contribution < -0.4 is 0 Å². The molecule has 29 heavy (non-hydrogen) atoms. The molecule has 0 aromatic heterocycles. The highest BCUT2D eigenvalue weighted by molar-refractivity contribution is 5.76. The van der Waals surface area contributed by atoms with Crippen LogP contribution in [-0.2, 0) is 20.7 Å². The standard InChI is InChI=1S/C23H35NO5/c1-22(2,3)28-20(26)19(15-17-10-8-11-18(14-17)16-25)12-9-13-24(7)21(27)29-23(4,5)6/h8,10-11,14,16,19H,9,12-13,15H2,1-7H3. The lowest BCUT2D eigenvalue weighted by molar-refractivity contribution is -0.160. The molecule has 0 aliphatic rings. The summed E-state index contributed by atoms with van der Waals surface area (Å²) in [4.78, 5) is 37.4. The van der Waals surface area contributed by atoms with Gasteiger partial charge in [0.1, 0.15) is 17.5 Å². The summed E-state index contributed by atoms with van der Waals surface area (Å²) in [5, 5.41) is 0. The lowest BCUT2D eigenvalue weighted by Crippen LogP contribution is -2.35. The fourth-order valence-electron chi connectivity index (χ4n) is 2.77. The molecule has 162 valence electrons. The number of nitrogens with zero attached hydrogens (tertiary/aromatic N) is 1. The van der Waals surface area contributed by atoms with Gasteiger partial charge in [0.15, 0.2) is 0 Å². The Morgan fingerprint density at radius 3 is 2.24 bits per heavy atom. The second kappa shape index (κ2) is 10.4. The maximum absolute atomic E-state index is 12.7. The zero-order valence-electron chi connectivity index (χ0n) is 18.8. The maximum Gasteiger partial charge on any atom is 0.410 e. The van der Waals surface area contributed by atoms with Crippen molar-refractivity contribution in [1.82, 2.24) is 4.90 Å². The van der Waals surface area contributed by atoms with Crippen LogP contribution in [0.5, 0.6) is 0 Å². The molecule has 0 bridgehead atoms. The molecule has 1 amide bonds. The van der Waals surface area contributed by atoms with Crippen LogP contribution in [0.3, 0.4) is 0 Å². The Bertz CT molecular complexity index is 700. The SMILES string of the molecule is CN(CCCC(Cc1cccc(C=O)c1)C(=O)OC(C)(C)C)C(=O)OC(C)(C)C. The predicted molar refractivity (Wildman–Crippen MR) is 113 cm³/mol. The van der Waals surface area contributed by atoms with Crippen molar-refractivity contribution in [2.24, 2.45) is 5.92 Å². The average molecular weight is 406 g/mol. The van der Waals surface area contributed by atoms with Gasteiger partial charge in [-0.1, -0.05) is 18.2 Å². The highest BCUT2D eigenvalue weighted by Gasteiger charge is 2.26. The van der Waals surface area contributed by atoms with E-state index >= 15 is 0 Å². The molecule has 6 nitrogen and oxygen atoms in total. The van der Waals surface area contributed by atoms with Crippen LogP contribution in [0.2, 0.25) is 0 Å². The number of ether oxygens (including phenoxy) is 2. The molecule has 1 atom stereocenters. The molecule has 1 aromatic carbocycles. The molecule has 0 aliphatic heterocycles.